The maximum absolute atomic E-state index is 12.5. The minimum Gasteiger partial charge on any atom is -0.394 e. The molecule has 1 aliphatic rings. The fourth-order valence-corrected chi connectivity index (χ4v) is 2.57. The van der Waals surface area contributed by atoms with Crippen LogP contribution in [0.3, 0.4) is 0 Å². The van der Waals surface area contributed by atoms with Crippen molar-refractivity contribution in [2.24, 2.45) is 0 Å². The molecular formula is C17H16O4. The van der Waals surface area contributed by atoms with Crippen molar-refractivity contribution in [1.82, 2.24) is 0 Å². The summed E-state index contributed by atoms with van der Waals surface area (Å²) >= 11 is 0. The maximum Gasteiger partial charge on any atom is 0.192 e. The van der Waals surface area contributed by atoms with Crippen LogP contribution in [0.2, 0.25) is 0 Å². The van der Waals surface area contributed by atoms with Crippen molar-refractivity contribution in [3.8, 4) is 0 Å². The monoisotopic (exact) mass is 284 g/mol. The van der Waals surface area contributed by atoms with Crippen molar-refractivity contribution >= 4 is 22.6 Å². The number of carbonyl (C=O) groups is 1. The third-order valence-electron chi connectivity index (χ3n) is 3.58. The van der Waals surface area contributed by atoms with Gasteiger partial charge in [0, 0.05) is 16.5 Å². The van der Waals surface area contributed by atoms with Gasteiger partial charge in [0.1, 0.15) is 6.10 Å². The van der Waals surface area contributed by atoms with Crippen LogP contribution in [0.15, 0.2) is 42.0 Å². The van der Waals surface area contributed by atoms with Crippen LogP contribution in [0.1, 0.15) is 15.9 Å². The summed E-state index contributed by atoms with van der Waals surface area (Å²) in [5, 5.41) is 20.0. The number of rotatable bonds is 5. The minimum atomic E-state index is -0.917. The highest BCUT2D eigenvalue weighted by molar-refractivity contribution is 6.22. The molecule has 0 aromatic heterocycles. The van der Waals surface area contributed by atoms with Crippen LogP contribution in [-0.2, 0) is 4.74 Å². The first-order chi connectivity index (χ1) is 10.2. The van der Waals surface area contributed by atoms with Crippen molar-refractivity contribution in [1.29, 1.82) is 0 Å². The molecule has 1 unspecified atom stereocenters. The molecule has 0 fully saturated rings. The molecule has 108 valence electrons. The Labute approximate surface area is 122 Å². The van der Waals surface area contributed by atoms with E-state index in [0.29, 0.717) is 11.1 Å². The zero-order chi connectivity index (χ0) is 14.8. The molecule has 1 atom stereocenters. The molecule has 2 N–H and O–H groups in total. The van der Waals surface area contributed by atoms with E-state index in [4.69, 9.17) is 9.84 Å². The van der Waals surface area contributed by atoms with E-state index in [1.807, 2.05) is 42.5 Å². The quantitative estimate of drug-likeness (QED) is 0.878. The lowest BCUT2D eigenvalue weighted by Crippen LogP contribution is -2.22. The third kappa shape index (κ3) is 2.61. The average Bonchev–Trinajstić information content (AvgIpc) is 2.51. The molecule has 0 amide bonds. The smallest absolute Gasteiger partial charge is 0.192 e. The summed E-state index contributed by atoms with van der Waals surface area (Å²) in [7, 11) is 0. The van der Waals surface area contributed by atoms with Crippen LogP contribution in [0.25, 0.3) is 16.8 Å². The van der Waals surface area contributed by atoms with Crippen LogP contribution in [0.5, 0.6) is 0 Å². The molecule has 2 aromatic rings. The summed E-state index contributed by atoms with van der Waals surface area (Å²) in [6.07, 6.45) is 0.920. The summed E-state index contributed by atoms with van der Waals surface area (Å²) in [6.45, 7) is -0.220. The van der Waals surface area contributed by atoms with Gasteiger partial charge >= 0.3 is 0 Å². The van der Waals surface area contributed by atoms with E-state index in [2.05, 4.69) is 0 Å². The first kappa shape index (κ1) is 13.9. The molecule has 21 heavy (non-hydrogen) atoms. The maximum atomic E-state index is 12.5. The third-order valence-corrected chi connectivity index (χ3v) is 3.58. The highest BCUT2D eigenvalue weighted by Crippen LogP contribution is 2.31. The molecule has 0 heterocycles. The summed E-state index contributed by atoms with van der Waals surface area (Å²) in [4.78, 5) is 12.5. The highest BCUT2D eigenvalue weighted by atomic mass is 16.5. The number of aliphatic hydroxyl groups is 2. The second-order valence-corrected chi connectivity index (χ2v) is 5.10. The highest BCUT2D eigenvalue weighted by Gasteiger charge is 2.21. The van der Waals surface area contributed by atoms with Gasteiger partial charge in [0.2, 0.25) is 0 Å². The van der Waals surface area contributed by atoms with Gasteiger partial charge in [-0.25, -0.2) is 0 Å². The molecule has 2 aromatic carbocycles. The fourth-order valence-electron chi connectivity index (χ4n) is 2.57. The number of hydrogen-bond acceptors (Lipinski definition) is 4. The van der Waals surface area contributed by atoms with E-state index >= 15 is 0 Å². The molecule has 3 rings (SSSR count). The second kappa shape index (κ2) is 5.77. The van der Waals surface area contributed by atoms with Crippen molar-refractivity contribution in [3.05, 3.63) is 53.1 Å². The van der Waals surface area contributed by atoms with Crippen LogP contribution in [0, 0.1) is 0 Å². The van der Waals surface area contributed by atoms with Gasteiger partial charge in [0.25, 0.3) is 0 Å². The molecule has 0 saturated heterocycles. The van der Waals surface area contributed by atoms with Crippen molar-refractivity contribution in [2.45, 2.75) is 6.10 Å². The number of carbonyl (C=O) groups excluding carboxylic acids is 1. The molecule has 4 nitrogen and oxygen atoms in total. The minimum absolute atomic E-state index is 0.00691. The van der Waals surface area contributed by atoms with E-state index in [1.165, 1.54) is 0 Å². The van der Waals surface area contributed by atoms with Gasteiger partial charge in [-0.05, 0) is 17.0 Å². The summed E-state index contributed by atoms with van der Waals surface area (Å²) in [5.74, 6) is -0.0437. The van der Waals surface area contributed by atoms with Crippen molar-refractivity contribution in [3.63, 3.8) is 0 Å². The van der Waals surface area contributed by atoms with Gasteiger partial charge < -0.3 is 14.9 Å². The molecule has 4 heteroatoms. The zero-order valence-corrected chi connectivity index (χ0v) is 11.5. The average molecular weight is 284 g/mol. The number of benzene rings is 2. The first-order valence-electron chi connectivity index (χ1n) is 6.84. The molecule has 1 aliphatic carbocycles. The Kier molecular flexibility index (Phi) is 3.84. The van der Waals surface area contributed by atoms with E-state index in [0.717, 1.165) is 16.3 Å². The predicted octanol–water partition coefficient (Wildman–Crippen LogP) is 1.79. The van der Waals surface area contributed by atoms with E-state index in [1.54, 1.807) is 0 Å². The summed E-state index contributed by atoms with van der Waals surface area (Å²) < 4.78 is 5.31. The van der Waals surface area contributed by atoms with Gasteiger partial charge in [0.05, 0.1) is 19.8 Å². The number of hydrogen-bond donors (Lipinski definition) is 2. The Hall–Kier alpha value is -2.01. The largest absolute Gasteiger partial charge is 0.394 e. The van der Waals surface area contributed by atoms with E-state index in [9.17, 15) is 9.90 Å². The zero-order valence-electron chi connectivity index (χ0n) is 11.5. The number of aliphatic hydroxyl groups excluding tert-OH is 2. The van der Waals surface area contributed by atoms with Gasteiger partial charge in [-0.1, -0.05) is 36.4 Å². The predicted molar refractivity (Wildman–Crippen MR) is 80.2 cm³/mol. The Balaban J connectivity index is 1.89. The Bertz CT molecular complexity index is 713. The van der Waals surface area contributed by atoms with Crippen LogP contribution in [-0.4, -0.2) is 41.9 Å². The topological polar surface area (TPSA) is 66.8 Å². The summed E-state index contributed by atoms with van der Waals surface area (Å²) in [6, 6.07) is 11.6. The van der Waals surface area contributed by atoms with Gasteiger partial charge in [0.15, 0.2) is 5.78 Å². The molecular weight excluding hydrogens is 268 g/mol. The molecule has 0 spiro atoms. The molecule has 0 bridgehead atoms. The molecule has 0 radical (unpaired) electrons. The standard InChI is InChI=1S/C17H16O4/c18-8-14(19)10-21-9-13-7-12-5-1-3-11-4-2-6-15(16(11)12)17(13)20/h1-7,14,18-19H,8-10H2. The normalized spacial score (nSPS) is 15.1. The van der Waals surface area contributed by atoms with E-state index in [-0.39, 0.29) is 25.6 Å². The second-order valence-electron chi connectivity index (χ2n) is 5.10. The SMILES string of the molecule is O=C1C(COCC(O)CO)=Cc2cccc3cccc1c23. The van der Waals surface area contributed by atoms with E-state index < -0.39 is 6.10 Å². The lowest BCUT2D eigenvalue weighted by Gasteiger charge is -2.17. The van der Waals surface area contributed by atoms with Gasteiger partial charge in [-0.3, -0.25) is 4.79 Å². The van der Waals surface area contributed by atoms with Crippen LogP contribution < -0.4 is 0 Å². The lowest BCUT2D eigenvalue weighted by atomic mass is 9.88. The Morgan fingerprint density at radius 1 is 1.14 bits per heavy atom. The van der Waals surface area contributed by atoms with Crippen LogP contribution in [0.4, 0.5) is 0 Å². The molecule has 0 aliphatic heterocycles. The molecule has 0 saturated carbocycles. The Morgan fingerprint density at radius 3 is 2.67 bits per heavy atom. The van der Waals surface area contributed by atoms with Crippen molar-refractivity contribution in [2.75, 3.05) is 19.8 Å². The lowest BCUT2D eigenvalue weighted by molar-refractivity contribution is 0.0131. The van der Waals surface area contributed by atoms with Gasteiger partial charge in [-0.15, -0.1) is 0 Å². The first-order valence-corrected chi connectivity index (χ1v) is 6.84. The fraction of sp³-hybridized carbons (Fsp3) is 0.235. The number of Topliss-reactive ketones (excluding diaryl/α,β-unsaturated/α-hetero) is 1. The van der Waals surface area contributed by atoms with Gasteiger partial charge in [-0.2, -0.15) is 0 Å². The Morgan fingerprint density at radius 2 is 1.90 bits per heavy atom. The van der Waals surface area contributed by atoms with Crippen molar-refractivity contribution < 1.29 is 19.7 Å². The number of ketones is 1. The van der Waals surface area contributed by atoms with Crippen LogP contribution >= 0.6 is 0 Å². The summed E-state index contributed by atoms with van der Waals surface area (Å²) in [5.41, 5.74) is 2.25. The number of ether oxygens (including phenoxy) is 1.